The van der Waals surface area contributed by atoms with E-state index in [1.54, 1.807) is 12.2 Å². The van der Waals surface area contributed by atoms with Gasteiger partial charge in [0.2, 0.25) is 5.91 Å². The summed E-state index contributed by atoms with van der Waals surface area (Å²) in [7, 11) is 1.64. The second-order valence-electron chi connectivity index (χ2n) is 4.40. The van der Waals surface area contributed by atoms with Crippen LogP contribution in [0.3, 0.4) is 0 Å². The fourth-order valence-electron chi connectivity index (χ4n) is 2.16. The number of hydrogen-bond acceptors (Lipinski definition) is 4. The van der Waals surface area contributed by atoms with E-state index >= 15 is 0 Å². The second kappa shape index (κ2) is 5.27. The van der Waals surface area contributed by atoms with Crippen molar-refractivity contribution in [2.45, 2.75) is 26.2 Å². The number of fused-ring (bicyclic) bond motifs is 1. The summed E-state index contributed by atoms with van der Waals surface area (Å²) in [6, 6.07) is 3.81. The van der Waals surface area contributed by atoms with E-state index in [0.717, 1.165) is 36.3 Å². The smallest absolute Gasteiger partial charge is 0.224 e. The van der Waals surface area contributed by atoms with Gasteiger partial charge in [-0.1, -0.05) is 6.92 Å². The lowest BCUT2D eigenvalue weighted by Crippen LogP contribution is -2.25. The molecule has 0 fully saturated rings. The Bertz CT molecular complexity index is 460. The quantitative estimate of drug-likeness (QED) is 0.632. The van der Waals surface area contributed by atoms with Crippen LogP contribution in [0.5, 0.6) is 0 Å². The van der Waals surface area contributed by atoms with E-state index < -0.39 is 0 Å². The Morgan fingerprint density at radius 2 is 2.22 bits per heavy atom. The van der Waals surface area contributed by atoms with Gasteiger partial charge in [0.15, 0.2) is 0 Å². The molecule has 1 amide bonds. The van der Waals surface area contributed by atoms with Gasteiger partial charge >= 0.3 is 0 Å². The highest BCUT2D eigenvalue weighted by atomic mass is 16.7. The summed E-state index contributed by atoms with van der Waals surface area (Å²) in [5.41, 5.74) is 9.44. The van der Waals surface area contributed by atoms with E-state index in [2.05, 4.69) is 12.2 Å². The molecule has 0 aliphatic carbocycles. The number of nitrogens with two attached hydrogens (primary N) is 1. The van der Waals surface area contributed by atoms with Crippen LogP contribution < -0.4 is 16.1 Å². The number of hydroxylamine groups is 1. The zero-order chi connectivity index (χ0) is 13.1. The first-order valence-corrected chi connectivity index (χ1v) is 6.19. The van der Waals surface area contributed by atoms with Crippen LogP contribution >= 0.6 is 0 Å². The van der Waals surface area contributed by atoms with Crippen LogP contribution in [0.2, 0.25) is 0 Å². The van der Waals surface area contributed by atoms with Gasteiger partial charge in [0.05, 0.1) is 18.5 Å². The zero-order valence-electron chi connectivity index (χ0n) is 10.8. The van der Waals surface area contributed by atoms with Gasteiger partial charge < -0.3 is 11.1 Å². The van der Waals surface area contributed by atoms with Crippen LogP contribution in [-0.2, 0) is 16.1 Å². The van der Waals surface area contributed by atoms with Crippen LogP contribution in [0.25, 0.3) is 0 Å². The number of carbonyl (C=O) groups is 1. The summed E-state index contributed by atoms with van der Waals surface area (Å²) in [4.78, 5) is 16.7. The molecule has 5 nitrogen and oxygen atoms in total. The van der Waals surface area contributed by atoms with Crippen molar-refractivity contribution >= 4 is 23.0 Å². The average Bonchev–Trinajstić information content (AvgIpc) is 2.35. The number of nitrogens with one attached hydrogen (secondary N) is 1. The van der Waals surface area contributed by atoms with Crippen LogP contribution in [0, 0.1) is 0 Å². The molecule has 5 heteroatoms. The molecule has 0 aromatic heterocycles. The Balaban J connectivity index is 2.35. The highest BCUT2D eigenvalue weighted by Crippen LogP contribution is 2.33. The van der Waals surface area contributed by atoms with Crippen molar-refractivity contribution in [2.75, 3.05) is 29.8 Å². The lowest BCUT2D eigenvalue weighted by Gasteiger charge is -2.26. The lowest BCUT2D eigenvalue weighted by molar-refractivity contribution is -0.116. The maximum Gasteiger partial charge on any atom is 0.224 e. The highest BCUT2D eigenvalue weighted by Gasteiger charge is 2.18. The van der Waals surface area contributed by atoms with Crippen molar-refractivity contribution in [1.82, 2.24) is 0 Å². The third kappa shape index (κ3) is 2.41. The van der Waals surface area contributed by atoms with E-state index in [-0.39, 0.29) is 5.91 Å². The van der Waals surface area contributed by atoms with Gasteiger partial charge in [-0.05, 0) is 30.5 Å². The highest BCUT2D eigenvalue weighted by molar-refractivity contribution is 5.95. The van der Waals surface area contributed by atoms with Crippen molar-refractivity contribution in [2.24, 2.45) is 0 Å². The van der Waals surface area contributed by atoms with Crippen LogP contribution in [-0.4, -0.2) is 19.6 Å². The first-order valence-electron chi connectivity index (χ1n) is 6.19. The number of rotatable bonds is 4. The van der Waals surface area contributed by atoms with Crippen molar-refractivity contribution in [1.29, 1.82) is 0 Å². The van der Waals surface area contributed by atoms with Gasteiger partial charge in [0.1, 0.15) is 0 Å². The number of benzene rings is 1. The molecule has 98 valence electrons. The maximum absolute atomic E-state index is 11.3. The summed E-state index contributed by atoms with van der Waals surface area (Å²) < 4.78 is 0. The van der Waals surface area contributed by atoms with Crippen LogP contribution in [0.15, 0.2) is 12.1 Å². The van der Waals surface area contributed by atoms with E-state index in [1.807, 2.05) is 12.1 Å². The number of amides is 1. The zero-order valence-corrected chi connectivity index (χ0v) is 10.8. The van der Waals surface area contributed by atoms with E-state index in [4.69, 9.17) is 10.6 Å². The third-order valence-corrected chi connectivity index (χ3v) is 3.06. The number of hydrogen-bond donors (Lipinski definition) is 2. The van der Waals surface area contributed by atoms with Gasteiger partial charge in [0, 0.05) is 18.7 Å². The average molecular weight is 249 g/mol. The largest absolute Gasteiger partial charge is 0.397 e. The number of nitrogen functional groups attached to an aromatic ring is 1. The third-order valence-electron chi connectivity index (χ3n) is 3.06. The Morgan fingerprint density at radius 1 is 1.44 bits per heavy atom. The predicted octanol–water partition coefficient (Wildman–Crippen LogP) is 1.93. The van der Waals surface area contributed by atoms with Gasteiger partial charge in [-0.3, -0.25) is 14.7 Å². The van der Waals surface area contributed by atoms with Gasteiger partial charge in [0.25, 0.3) is 0 Å². The van der Waals surface area contributed by atoms with E-state index in [9.17, 15) is 4.79 Å². The molecule has 0 atom stereocenters. The second-order valence-corrected chi connectivity index (χ2v) is 4.40. The standard InChI is InChI=1S/C13H19N3O2/c1-3-6-16(18-2)12-7-9-4-5-13(17)15-11(9)8-10(12)14/h7-8H,3-6,14H2,1-2H3,(H,15,17). The predicted molar refractivity (Wildman–Crippen MR) is 72.5 cm³/mol. The number of carbonyl (C=O) groups excluding carboxylic acids is 1. The fourth-order valence-corrected chi connectivity index (χ4v) is 2.16. The molecule has 0 radical (unpaired) electrons. The Hall–Kier alpha value is -1.75. The van der Waals surface area contributed by atoms with Crippen LogP contribution in [0.1, 0.15) is 25.3 Å². The first kappa shape index (κ1) is 12.7. The molecule has 18 heavy (non-hydrogen) atoms. The van der Waals surface area contributed by atoms with Gasteiger partial charge in [-0.2, -0.15) is 0 Å². The summed E-state index contributed by atoms with van der Waals surface area (Å²) >= 11 is 0. The van der Waals surface area contributed by atoms with Crippen molar-refractivity contribution < 1.29 is 9.63 Å². The summed E-state index contributed by atoms with van der Waals surface area (Å²) in [6.07, 6.45) is 2.25. The lowest BCUT2D eigenvalue weighted by atomic mass is 10.0. The topological polar surface area (TPSA) is 67.6 Å². The number of aryl methyl sites for hydroxylation is 1. The minimum atomic E-state index is 0.0480. The minimum absolute atomic E-state index is 0.0480. The summed E-state index contributed by atoms with van der Waals surface area (Å²) in [6.45, 7) is 2.87. The SMILES string of the molecule is CCCN(OC)c1cc2c(cc1N)NC(=O)CC2. The monoisotopic (exact) mass is 249 g/mol. The molecule has 3 N–H and O–H groups in total. The van der Waals surface area contributed by atoms with Gasteiger partial charge in [-0.15, -0.1) is 0 Å². The number of nitrogens with zero attached hydrogens (tertiary/aromatic N) is 1. The fraction of sp³-hybridized carbons (Fsp3) is 0.462. The molecule has 1 aromatic carbocycles. The van der Waals surface area contributed by atoms with Gasteiger partial charge in [-0.25, -0.2) is 0 Å². The molecule has 1 aliphatic rings. The molecule has 0 spiro atoms. The first-order chi connectivity index (χ1) is 8.65. The Labute approximate surface area is 107 Å². The molecule has 0 bridgehead atoms. The minimum Gasteiger partial charge on any atom is -0.397 e. The van der Waals surface area contributed by atoms with E-state index in [0.29, 0.717) is 12.1 Å². The molecular formula is C13H19N3O2. The Morgan fingerprint density at radius 3 is 2.89 bits per heavy atom. The van der Waals surface area contributed by atoms with Crippen LogP contribution in [0.4, 0.5) is 17.1 Å². The number of anilines is 3. The molecule has 1 aliphatic heterocycles. The molecule has 0 saturated heterocycles. The molecule has 1 heterocycles. The molecular weight excluding hydrogens is 230 g/mol. The normalized spacial score (nSPS) is 14.0. The summed E-state index contributed by atoms with van der Waals surface area (Å²) in [5.74, 6) is 0.0480. The van der Waals surface area contributed by atoms with Crippen molar-refractivity contribution in [3.05, 3.63) is 17.7 Å². The summed E-state index contributed by atoms with van der Waals surface area (Å²) in [5, 5.41) is 4.62. The van der Waals surface area contributed by atoms with E-state index in [1.165, 1.54) is 0 Å². The molecule has 0 saturated carbocycles. The Kier molecular flexibility index (Phi) is 3.72. The maximum atomic E-state index is 11.3. The molecule has 0 unspecified atom stereocenters. The molecule has 2 rings (SSSR count). The van der Waals surface area contributed by atoms with Crippen molar-refractivity contribution in [3.63, 3.8) is 0 Å². The molecule has 1 aromatic rings. The van der Waals surface area contributed by atoms with Crippen molar-refractivity contribution in [3.8, 4) is 0 Å².